The number of aromatic hydroxyl groups is 2. The van der Waals surface area contributed by atoms with E-state index in [9.17, 15) is 15.0 Å². The van der Waals surface area contributed by atoms with E-state index in [4.69, 9.17) is 4.74 Å². The van der Waals surface area contributed by atoms with Crippen LogP contribution in [0.3, 0.4) is 0 Å². The van der Waals surface area contributed by atoms with Gasteiger partial charge in [0.05, 0.1) is 0 Å². The number of rotatable bonds is 5. The molecule has 0 aliphatic carbocycles. The van der Waals surface area contributed by atoms with Crippen LogP contribution in [0.4, 0.5) is 0 Å². The molecule has 0 spiro atoms. The molecule has 1 aromatic carbocycles. The van der Waals surface area contributed by atoms with Gasteiger partial charge in [0.15, 0.2) is 0 Å². The number of hydrogen-bond donors (Lipinski definition) is 2. The van der Waals surface area contributed by atoms with Crippen LogP contribution >= 0.6 is 0 Å². The minimum Gasteiger partial charge on any atom is -0.508 e. The minimum absolute atomic E-state index is 0.00854. The zero-order chi connectivity index (χ0) is 13.8. The van der Waals surface area contributed by atoms with Crippen LogP contribution in [0.1, 0.15) is 50.4 Å². The molecule has 100 valence electrons. The van der Waals surface area contributed by atoms with Gasteiger partial charge in [-0.3, -0.25) is 0 Å². The molecule has 0 aromatic heterocycles. The van der Waals surface area contributed by atoms with Crippen molar-refractivity contribution in [2.24, 2.45) is 0 Å². The second-order valence-electron chi connectivity index (χ2n) is 4.64. The van der Waals surface area contributed by atoms with E-state index in [2.05, 4.69) is 0 Å². The highest BCUT2D eigenvalue weighted by molar-refractivity contribution is 5.93. The number of carbonyl (C=O) groups is 1. The number of esters is 1. The SMILES string of the molecule is CCCC(C)(CC)OC(=O)c1cc(O)ccc1O. The first-order chi connectivity index (χ1) is 8.41. The molecule has 1 unspecified atom stereocenters. The third kappa shape index (κ3) is 3.39. The topological polar surface area (TPSA) is 66.8 Å². The number of benzene rings is 1. The van der Waals surface area contributed by atoms with Crippen LogP contribution < -0.4 is 0 Å². The van der Waals surface area contributed by atoms with Crippen molar-refractivity contribution in [2.75, 3.05) is 0 Å². The molecule has 18 heavy (non-hydrogen) atoms. The van der Waals surface area contributed by atoms with E-state index < -0.39 is 11.6 Å². The van der Waals surface area contributed by atoms with Gasteiger partial charge >= 0.3 is 5.97 Å². The molecule has 0 saturated carbocycles. The second kappa shape index (κ2) is 5.76. The van der Waals surface area contributed by atoms with Gasteiger partial charge in [-0.05, 0) is 38.0 Å². The summed E-state index contributed by atoms with van der Waals surface area (Å²) in [7, 11) is 0. The predicted octanol–water partition coefficient (Wildman–Crippen LogP) is 3.22. The van der Waals surface area contributed by atoms with Crippen molar-refractivity contribution in [1.29, 1.82) is 0 Å². The van der Waals surface area contributed by atoms with Crippen LogP contribution in [0.15, 0.2) is 18.2 Å². The molecular formula is C14H20O4. The number of phenols is 2. The zero-order valence-electron chi connectivity index (χ0n) is 11.1. The van der Waals surface area contributed by atoms with Gasteiger partial charge < -0.3 is 14.9 Å². The van der Waals surface area contributed by atoms with E-state index in [0.717, 1.165) is 12.8 Å². The largest absolute Gasteiger partial charge is 0.508 e. The van der Waals surface area contributed by atoms with Crippen LogP contribution in [0.5, 0.6) is 11.5 Å². The first-order valence-corrected chi connectivity index (χ1v) is 6.17. The molecule has 2 N–H and O–H groups in total. The van der Waals surface area contributed by atoms with Gasteiger partial charge in [0.2, 0.25) is 0 Å². The van der Waals surface area contributed by atoms with Crippen molar-refractivity contribution >= 4 is 5.97 Å². The Bertz CT molecular complexity index is 428. The lowest BCUT2D eigenvalue weighted by atomic mass is 9.97. The lowest BCUT2D eigenvalue weighted by molar-refractivity contribution is -0.0159. The molecule has 4 heteroatoms. The van der Waals surface area contributed by atoms with E-state index in [1.54, 1.807) is 0 Å². The molecule has 0 aliphatic heterocycles. The summed E-state index contributed by atoms with van der Waals surface area (Å²) in [5.41, 5.74) is -0.547. The smallest absolute Gasteiger partial charge is 0.342 e. The number of ether oxygens (including phenoxy) is 1. The van der Waals surface area contributed by atoms with Gasteiger partial charge in [0.25, 0.3) is 0 Å². The second-order valence-corrected chi connectivity index (χ2v) is 4.64. The van der Waals surface area contributed by atoms with E-state index in [-0.39, 0.29) is 17.1 Å². The van der Waals surface area contributed by atoms with Crippen LogP contribution in [-0.2, 0) is 4.74 Å². The summed E-state index contributed by atoms with van der Waals surface area (Å²) in [6, 6.07) is 3.80. The van der Waals surface area contributed by atoms with Crippen molar-refractivity contribution in [2.45, 2.75) is 45.6 Å². The molecule has 0 bridgehead atoms. The maximum absolute atomic E-state index is 12.0. The Hall–Kier alpha value is -1.71. The fraction of sp³-hybridized carbons (Fsp3) is 0.500. The summed E-state index contributed by atoms with van der Waals surface area (Å²) in [5, 5.41) is 18.9. The molecule has 1 atom stereocenters. The van der Waals surface area contributed by atoms with Crippen molar-refractivity contribution in [3.8, 4) is 11.5 Å². The number of hydrogen-bond acceptors (Lipinski definition) is 4. The molecule has 0 radical (unpaired) electrons. The number of phenolic OH excluding ortho intramolecular Hbond substituents is 2. The average molecular weight is 252 g/mol. The van der Waals surface area contributed by atoms with Crippen molar-refractivity contribution < 1.29 is 19.7 Å². The highest BCUT2D eigenvalue weighted by Crippen LogP contribution is 2.27. The monoisotopic (exact) mass is 252 g/mol. The highest BCUT2D eigenvalue weighted by atomic mass is 16.6. The summed E-state index contributed by atoms with van der Waals surface area (Å²) in [6.45, 7) is 5.84. The summed E-state index contributed by atoms with van der Waals surface area (Å²) in [4.78, 5) is 12.0. The van der Waals surface area contributed by atoms with Crippen LogP contribution in [0.2, 0.25) is 0 Å². The molecule has 0 aliphatic rings. The summed E-state index contributed by atoms with van der Waals surface area (Å²) < 4.78 is 5.44. The first-order valence-electron chi connectivity index (χ1n) is 6.17. The van der Waals surface area contributed by atoms with Gasteiger partial charge in [-0.25, -0.2) is 4.79 Å². The van der Waals surface area contributed by atoms with E-state index in [1.807, 2.05) is 20.8 Å². The Labute approximate surface area is 107 Å². The van der Waals surface area contributed by atoms with E-state index in [0.29, 0.717) is 6.42 Å². The number of carbonyl (C=O) groups excluding carboxylic acids is 1. The van der Waals surface area contributed by atoms with Gasteiger partial charge in [-0.2, -0.15) is 0 Å². The molecular weight excluding hydrogens is 232 g/mol. The Morgan fingerprint density at radius 2 is 2.00 bits per heavy atom. The summed E-state index contributed by atoms with van der Waals surface area (Å²) in [6.07, 6.45) is 2.37. The molecule has 0 fully saturated rings. The Morgan fingerprint density at radius 1 is 1.33 bits per heavy atom. The van der Waals surface area contributed by atoms with E-state index >= 15 is 0 Å². The van der Waals surface area contributed by atoms with Gasteiger partial charge in [-0.15, -0.1) is 0 Å². The Balaban J connectivity index is 2.90. The lowest BCUT2D eigenvalue weighted by Crippen LogP contribution is -2.30. The standard InChI is InChI=1S/C14H20O4/c1-4-8-14(3,5-2)18-13(17)11-9-10(15)6-7-12(11)16/h6-7,9,15-16H,4-5,8H2,1-3H3. The zero-order valence-corrected chi connectivity index (χ0v) is 11.1. The highest BCUT2D eigenvalue weighted by Gasteiger charge is 2.27. The van der Waals surface area contributed by atoms with E-state index in [1.165, 1.54) is 18.2 Å². The molecule has 1 rings (SSSR count). The fourth-order valence-electron chi connectivity index (χ4n) is 1.80. The molecule has 0 heterocycles. The average Bonchev–Trinajstić information content (AvgIpc) is 2.32. The first kappa shape index (κ1) is 14.4. The molecule has 4 nitrogen and oxygen atoms in total. The predicted molar refractivity (Wildman–Crippen MR) is 68.8 cm³/mol. The quantitative estimate of drug-likeness (QED) is 0.623. The van der Waals surface area contributed by atoms with Gasteiger partial charge in [-0.1, -0.05) is 20.3 Å². The van der Waals surface area contributed by atoms with Gasteiger partial charge in [0.1, 0.15) is 22.7 Å². The van der Waals surface area contributed by atoms with Crippen LogP contribution in [0.25, 0.3) is 0 Å². The lowest BCUT2D eigenvalue weighted by Gasteiger charge is -2.28. The normalized spacial score (nSPS) is 13.9. The summed E-state index contributed by atoms with van der Waals surface area (Å²) >= 11 is 0. The Kier molecular flexibility index (Phi) is 4.59. The van der Waals surface area contributed by atoms with Crippen LogP contribution in [-0.4, -0.2) is 21.8 Å². The third-order valence-electron chi connectivity index (χ3n) is 3.07. The molecule has 0 saturated heterocycles. The fourth-order valence-corrected chi connectivity index (χ4v) is 1.80. The Morgan fingerprint density at radius 3 is 2.56 bits per heavy atom. The molecule has 1 aromatic rings. The minimum atomic E-state index is -0.610. The summed E-state index contributed by atoms with van der Waals surface area (Å²) in [5.74, 6) is -0.873. The molecule has 0 amide bonds. The van der Waals surface area contributed by atoms with Gasteiger partial charge in [0, 0.05) is 0 Å². The third-order valence-corrected chi connectivity index (χ3v) is 3.07. The maximum atomic E-state index is 12.0. The van der Waals surface area contributed by atoms with Crippen molar-refractivity contribution in [3.05, 3.63) is 23.8 Å². The van der Waals surface area contributed by atoms with Crippen LogP contribution in [0, 0.1) is 0 Å². The van der Waals surface area contributed by atoms with Crippen molar-refractivity contribution in [1.82, 2.24) is 0 Å². The maximum Gasteiger partial charge on any atom is 0.342 e. The van der Waals surface area contributed by atoms with Crippen molar-refractivity contribution in [3.63, 3.8) is 0 Å².